The second kappa shape index (κ2) is 6.26. The molecule has 0 saturated carbocycles. The van der Waals surface area contributed by atoms with Gasteiger partial charge in [-0.15, -0.1) is 11.3 Å². The Labute approximate surface area is 112 Å². The lowest BCUT2D eigenvalue weighted by Crippen LogP contribution is -2.38. The fraction of sp³-hybridized carbons (Fsp3) is 0.667. The number of amides is 1. The van der Waals surface area contributed by atoms with E-state index in [9.17, 15) is 9.90 Å². The van der Waals surface area contributed by atoms with E-state index in [2.05, 4.69) is 15.2 Å². The minimum Gasteiger partial charge on any atom is -0.389 e. The van der Waals surface area contributed by atoms with Gasteiger partial charge in [0.15, 0.2) is 5.13 Å². The van der Waals surface area contributed by atoms with Crippen LogP contribution < -0.4 is 5.32 Å². The van der Waals surface area contributed by atoms with Crippen molar-refractivity contribution < 1.29 is 9.90 Å². The van der Waals surface area contributed by atoms with Gasteiger partial charge in [-0.1, -0.05) is 6.92 Å². The zero-order valence-corrected chi connectivity index (χ0v) is 12.2. The van der Waals surface area contributed by atoms with Crippen molar-refractivity contribution in [2.45, 2.75) is 39.8 Å². The van der Waals surface area contributed by atoms with Crippen LogP contribution in [0.25, 0.3) is 0 Å². The zero-order chi connectivity index (χ0) is 13.8. The number of rotatable bonds is 6. The number of hydrogen-bond donors (Lipinski definition) is 2. The van der Waals surface area contributed by atoms with Crippen LogP contribution in [0.5, 0.6) is 0 Å². The molecule has 0 radical (unpaired) electrons. The monoisotopic (exact) mass is 271 g/mol. The third-order valence-electron chi connectivity index (χ3n) is 2.28. The van der Waals surface area contributed by atoms with E-state index in [0.29, 0.717) is 18.2 Å². The molecule has 18 heavy (non-hydrogen) atoms. The van der Waals surface area contributed by atoms with Crippen molar-refractivity contribution in [3.63, 3.8) is 0 Å². The van der Waals surface area contributed by atoms with Crippen LogP contribution in [0.3, 0.4) is 0 Å². The van der Waals surface area contributed by atoms with E-state index in [4.69, 9.17) is 0 Å². The van der Waals surface area contributed by atoms with Crippen LogP contribution in [0.1, 0.15) is 33.4 Å². The number of anilines is 1. The first-order chi connectivity index (χ1) is 8.30. The summed E-state index contributed by atoms with van der Waals surface area (Å²) < 4.78 is 0. The largest absolute Gasteiger partial charge is 0.389 e. The van der Waals surface area contributed by atoms with Crippen LogP contribution in [-0.4, -0.2) is 39.6 Å². The van der Waals surface area contributed by atoms with E-state index in [1.807, 2.05) is 12.3 Å². The van der Waals surface area contributed by atoms with Crippen molar-refractivity contribution in [3.05, 3.63) is 11.1 Å². The minimum atomic E-state index is -0.716. The highest BCUT2D eigenvalue weighted by molar-refractivity contribution is 7.13. The number of aromatic nitrogens is 1. The Morgan fingerprint density at radius 3 is 2.78 bits per heavy atom. The average molecular weight is 271 g/mol. The quantitative estimate of drug-likeness (QED) is 0.826. The molecule has 5 nitrogen and oxygen atoms in total. The molecule has 1 heterocycles. The predicted octanol–water partition coefficient (Wildman–Crippen LogP) is 1.69. The highest BCUT2D eigenvalue weighted by Gasteiger charge is 2.18. The van der Waals surface area contributed by atoms with E-state index >= 15 is 0 Å². The van der Waals surface area contributed by atoms with Crippen LogP contribution >= 0.6 is 11.3 Å². The molecule has 6 heteroatoms. The number of aliphatic hydroxyl groups is 1. The molecule has 1 aromatic rings. The highest BCUT2D eigenvalue weighted by atomic mass is 32.1. The fourth-order valence-electron chi connectivity index (χ4n) is 1.64. The van der Waals surface area contributed by atoms with Crippen molar-refractivity contribution >= 4 is 22.4 Å². The number of thiazole rings is 1. The van der Waals surface area contributed by atoms with E-state index in [1.54, 1.807) is 13.8 Å². The van der Waals surface area contributed by atoms with Gasteiger partial charge in [-0.3, -0.25) is 9.69 Å². The first-order valence-corrected chi connectivity index (χ1v) is 6.85. The Hall–Kier alpha value is -0.980. The smallest absolute Gasteiger partial charge is 0.223 e. The van der Waals surface area contributed by atoms with Crippen molar-refractivity contribution in [1.29, 1.82) is 0 Å². The molecule has 0 bridgehead atoms. The van der Waals surface area contributed by atoms with Gasteiger partial charge < -0.3 is 10.4 Å². The average Bonchev–Trinajstić information content (AvgIpc) is 2.61. The molecule has 1 amide bonds. The minimum absolute atomic E-state index is 0.111. The van der Waals surface area contributed by atoms with Gasteiger partial charge in [0, 0.05) is 25.4 Å². The fourth-order valence-corrected chi connectivity index (χ4v) is 2.39. The lowest BCUT2D eigenvalue weighted by atomic mass is 10.1. The Morgan fingerprint density at radius 1 is 1.61 bits per heavy atom. The molecule has 0 spiro atoms. The summed E-state index contributed by atoms with van der Waals surface area (Å²) in [6.07, 6.45) is 0. The Balaban J connectivity index is 2.59. The van der Waals surface area contributed by atoms with Gasteiger partial charge >= 0.3 is 0 Å². The maximum atomic E-state index is 10.9. The third-order valence-corrected chi connectivity index (χ3v) is 3.08. The van der Waals surface area contributed by atoms with E-state index < -0.39 is 5.60 Å². The van der Waals surface area contributed by atoms with Crippen LogP contribution in [0.4, 0.5) is 5.13 Å². The summed E-state index contributed by atoms with van der Waals surface area (Å²) in [7, 11) is 0. The molecule has 0 aliphatic heterocycles. The molecule has 0 saturated heterocycles. The Kier molecular flexibility index (Phi) is 5.25. The maximum Gasteiger partial charge on any atom is 0.223 e. The van der Waals surface area contributed by atoms with Crippen molar-refractivity contribution in [2.24, 2.45) is 0 Å². The molecule has 0 fully saturated rings. The van der Waals surface area contributed by atoms with Crippen molar-refractivity contribution in [3.8, 4) is 0 Å². The van der Waals surface area contributed by atoms with Gasteiger partial charge in [0.1, 0.15) is 0 Å². The molecule has 0 atom stereocenters. The van der Waals surface area contributed by atoms with Gasteiger partial charge in [0.2, 0.25) is 5.91 Å². The summed E-state index contributed by atoms with van der Waals surface area (Å²) in [6, 6.07) is 0. The van der Waals surface area contributed by atoms with Gasteiger partial charge in [0.25, 0.3) is 0 Å². The lowest BCUT2D eigenvalue weighted by Gasteiger charge is -2.27. The number of hydrogen-bond acceptors (Lipinski definition) is 5. The summed E-state index contributed by atoms with van der Waals surface area (Å²) in [6.45, 7) is 9.21. The molecule has 0 unspecified atom stereocenters. The molecule has 1 rings (SSSR count). The van der Waals surface area contributed by atoms with Gasteiger partial charge in [0.05, 0.1) is 11.3 Å². The first-order valence-electron chi connectivity index (χ1n) is 5.97. The molecular formula is C12H21N3O2S. The highest BCUT2D eigenvalue weighted by Crippen LogP contribution is 2.17. The molecule has 1 aromatic heterocycles. The number of likely N-dealkylation sites (N-methyl/N-ethyl adjacent to an activating group) is 1. The first kappa shape index (κ1) is 15.1. The summed E-state index contributed by atoms with van der Waals surface area (Å²) in [4.78, 5) is 17.3. The molecule has 2 N–H and O–H groups in total. The standard InChI is InChI=1S/C12H21N3O2S/c1-5-15(8-12(3,4)17)6-10-7-18-11(14-10)13-9(2)16/h7,17H,5-6,8H2,1-4H3,(H,13,14,16). The van der Waals surface area contributed by atoms with Crippen molar-refractivity contribution in [2.75, 3.05) is 18.4 Å². The summed E-state index contributed by atoms with van der Waals surface area (Å²) in [5.74, 6) is -0.111. The molecule has 0 aliphatic carbocycles. The predicted molar refractivity (Wildman–Crippen MR) is 73.7 cm³/mol. The van der Waals surface area contributed by atoms with Crippen LogP contribution in [-0.2, 0) is 11.3 Å². The molecular weight excluding hydrogens is 250 g/mol. The van der Waals surface area contributed by atoms with E-state index in [1.165, 1.54) is 18.3 Å². The normalized spacial score (nSPS) is 11.9. The Morgan fingerprint density at radius 2 is 2.28 bits per heavy atom. The molecule has 0 aromatic carbocycles. The van der Waals surface area contributed by atoms with E-state index in [0.717, 1.165) is 12.2 Å². The topological polar surface area (TPSA) is 65.5 Å². The molecule has 0 aliphatic rings. The van der Waals surface area contributed by atoms with Crippen LogP contribution in [0.2, 0.25) is 0 Å². The third kappa shape index (κ3) is 5.57. The second-order valence-electron chi connectivity index (χ2n) is 4.94. The van der Waals surface area contributed by atoms with Crippen LogP contribution in [0, 0.1) is 0 Å². The van der Waals surface area contributed by atoms with Gasteiger partial charge in [-0.2, -0.15) is 0 Å². The van der Waals surface area contributed by atoms with Gasteiger partial charge in [-0.05, 0) is 20.4 Å². The summed E-state index contributed by atoms with van der Waals surface area (Å²) in [5.41, 5.74) is 0.196. The maximum absolute atomic E-state index is 10.9. The lowest BCUT2D eigenvalue weighted by molar-refractivity contribution is -0.114. The second-order valence-corrected chi connectivity index (χ2v) is 5.80. The number of carbonyl (C=O) groups is 1. The summed E-state index contributed by atoms with van der Waals surface area (Å²) >= 11 is 1.42. The van der Waals surface area contributed by atoms with Crippen molar-refractivity contribution in [1.82, 2.24) is 9.88 Å². The number of nitrogens with zero attached hydrogens (tertiary/aromatic N) is 2. The molecule has 102 valence electrons. The van der Waals surface area contributed by atoms with Gasteiger partial charge in [-0.25, -0.2) is 4.98 Å². The SMILES string of the molecule is CCN(Cc1csc(NC(C)=O)n1)CC(C)(C)O. The van der Waals surface area contributed by atoms with Crippen LogP contribution in [0.15, 0.2) is 5.38 Å². The summed E-state index contributed by atoms with van der Waals surface area (Å²) in [5, 5.41) is 15.0. The number of nitrogens with one attached hydrogen (secondary N) is 1. The van der Waals surface area contributed by atoms with E-state index in [-0.39, 0.29) is 5.91 Å². The Bertz CT molecular complexity index is 398. The zero-order valence-electron chi connectivity index (χ0n) is 11.4. The number of carbonyl (C=O) groups excluding carboxylic acids is 1.